The van der Waals surface area contributed by atoms with Crippen molar-refractivity contribution in [3.63, 3.8) is 0 Å². The van der Waals surface area contributed by atoms with Gasteiger partial charge in [-0.25, -0.2) is 0 Å². The number of nitrogens with zero attached hydrogens (tertiary/aromatic N) is 1. The molecule has 4 rings (SSSR count). The van der Waals surface area contributed by atoms with Crippen molar-refractivity contribution in [2.45, 2.75) is 39.3 Å². The van der Waals surface area contributed by atoms with Crippen molar-refractivity contribution in [2.24, 2.45) is 0 Å². The summed E-state index contributed by atoms with van der Waals surface area (Å²) < 4.78 is 5.88. The van der Waals surface area contributed by atoms with Gasteiger partial charge in [-0.3, -0.25) is 9.59 Å². The second-order valence-electron chi connectivity index (χ2n) is 8.55. The van der Waals surface area contributed by atoms with Crippen molar-refractivity contribution in [1.82, 2.24) is 4.90 Å². The van der Waals surface area contributed by atoms with Crippen LogP contribution >= 0.6 is 0 Å². The minimum Gasteiger partial charge on any atom is -0.507 e. The van der Waals surface area contributed by atoms with Gasteiger partial charge < -0.3 is 14.7 Å². The van der Waals surface area contributed by atoms with Crippen molar-refractivity contribution < 1.29 is 19.4 Å². The lowest BCUT2D eigenvalue weighted by Gasteiger charge is -2.26. The lowest BCUT2D eigenvalue weighted by molar-refractivity contribution is -0.140. The summed E-state index contributed by atoms with van der Waals surface area (Å²) in [7, 11) is 0. The van der Waals surface area contributed by atoms with E-state index in [0.29, 0.717) is 17.9 Å². The largest absolute Gasteiger partial charge is 0.507 e. The molecule has 5 nitrogen and oxygen atoms in total. The van der Waals surface area contributed by atoms with Gasteiger partial charge in [0.1, 0.15) is 11.5 Å². The van der Waals surface area contributed by atoms with Gasteiger partial charge in [-0.15, -0.1) is 0 Å². The van der Waals surface area contributed by atoms with Crippen LogP contribution in [0.15, 0.2) is 84.4 Å². The van der Waals surface area contributed by atoms with Crippen LogP contribution in [0.4, 0.5) is 0 Å². The summed E-state index contributed by atoms with van der Waals surface area (Å²) in [4.78, 5) is 27.9. The number of hydrogen-bond acceptors (Lipinski definition) is 4. The molecule has 1 unspecified atom stereocenters. The molecule has 0 aromatic heterocycles. The Hall–Kier alpha value is -3.86. The van der Waals surface area contributed by atoms with Crippen molar-refractivity contribution in [3.05, 3.63) is 107 Å². The van der Waals surface area contributed by atoms with Crippen LogP contribution in [0.25, 0.3) is 5.76 Å². The molecule has 0 radical (unpaired) electrons. The molecule has 0 bridgehead atoms. The molecule has 0 spiro atoms. The van der Waals surface area contributed by atoms with Crippen LogP contribution in [0.5, 0.6) is 5.75 Å². The first-order valence-corrected chi connectivity index (χ1v) is 11.6. The molecule has 1 N–H and O–H groups in total. The van der Waals surface area contributed by atoms with Crippen LogP contribution in [-0.2, 0) is 16.1 Å². The number of benzene rings is 3. The number of Topliss-reactive ketones (excluding diaryl/α,β-unsaturated/α-hetero) is 1. The number of aliphatic hydroxyl groups is 1. The molecular weight excluding hydrogens is 426 g/mol. The molecule has 1 amide bonds. The predicted molar refractivity (Wildman–Crippen MR) is 132 cm³/mol. The summed E-state index contributed by atoms with van der Waals surface area (Å²) in [6, 6.07) is 23.5. The van der Waals surface area contributed by atoms with Gasteiger partial charge in [-0.1, -0.05) is 85.6 Å². The van der Waals surface area contributed by atoms with Gasteiger partial charge in [-0.2, -0.15) is 0 Å². The standard InChI is InChI=1S/C29H29NO4/c1-3-4-17-34-24-12-8-11-23(18-24)26-25(27(31)22-15-13-20(2)14-16-22)28(32)29(33)30(26)19-21-9-6-5-7-10-21/h5-16,18,26,31H,3-4,17,19H2,1-2H3. The number of hydrogen-bond donors (Lipinski definition) is 1. The van der Waals surface area contributed by atoms with Crippen LogP contribution in [0.1, 0.15) is 48.1 Å². The van der Waals surface area contributed by atoms with Gasteiger partial charge in [0.05, 0.1) is 18.2 Å². The highest BCUT2D eigenvalue weighted by Gasteiger charge is 2.46. The van der Waals surface area contributed by atoms with Crippen molar-refractivity contribution >= 4 is 17.4 Å². The number of amides is 1. The van der Waals surface area contributed by atoms with Crippen LogP contribution in [0.3, 0.4) is 0 Å². The zero-order valence-electron chi connectivity index (χ0n) is 19.5. The molecule has 3 aromatic carbocycles. The smallest absolute Gasteiger partial charge is 0.295 e. The molecule has 1 aliphatic heterocycles. The second kappa shape index (κ2) is 10.4. The zero-order chi connectivity index (χ0) is 24.1. The highest BCUT2D eigenvalue weighted by Crippen LogP contribution is 2.41. The van der Waals surface area contributed by atoms with Gasteiger partial charge in [-0.05, 0) is 36.6 Å². The van der Waals surface area contributed by atoms with E-state index in [-0.39, 0.29) is 17.9 Å². The summed E-state index contributed by atoms with van der Waals surface area (Å²) in [5, 5.41) is 11.2. The Morgan fingerprint density at radius 2 is 1.71 bits per heavy atom. The number of ketones is 1. The average molecular weight is 456 g/mol. The zero-order valence-corrected chi connectivity index (χ0v) is 19.5. The fraction of sp³-hybridized carbons (Fsp3) is 0.241. The maximum atomic E-state index is 13.2. The Balaban J connectivity index is 1.80. The molecule has 1 aliphatic rings. The topological polar surface area (TPSA) is 66.8 Å². The first kappa shape index (κ1) is 23.3. The van der Waals surface area contributed by atoms with E-state index in [9.17, 15) is 14.7 Å². The lowest BCUT2D eigenvalue weighted by atomic mass is 9.94. The number of ether oxygens (including phenoxy) is 1. The van der Waals surface area contributed by atoms with E-state index in [1.54, 1.807) is 12.1 Å². The van der Waals surface area contributed by atoms with E-state index < -0.39 is 17.7 Å². The summed E-state index contributed by atoms with van der Waals surface area (Å²) in [6.45, 7) is 4.89. The second-order valence-corrected chi connectivity index (χ2v) is 8.55. The SMILES string of the molecule is CCCCOc1cccc(C2C(=C(O)c3ccc(C)cc3)C(=O)C(=O)N2Cc2ccccc2)c1. The van der Waals surface area contributed by atoms with Crippen LogP contribution in [0, 0.1) is 6.92 Å². The Kier molecular flexibility index (Phi) is 7.12. The molecule has 1 saturated heterocycles. The molecular formula is C29H29NO4. The highest BCUT2D eigenvalue weighted by molar-refractivity contribution is 6.46. The van der Waals surface area contributed by atoms with E-state index >= 15 is 0 Å². The van der Waals surface area contributed by atoms with Crippen molar-refractivity contribution in [2.75, 3.05) is 6.61 Å². The number of unbranched alkanes of at least 4 members (excludes halogenated alkanes) is 1. The number of carbonyl (C=O) groups is 2. The Labute approximate surface area is 200 Å². The van der Waals surface area contributed by atoms with E-state index in [1.807, 2.05) is 73.7 Å². The first-order chi connectivity index (χ1) is 16.5. The van der Waals surface area contributed by atoms with Crippen LogP contribution in [0.2, 0.25) is 0 Å². The van der Waals surface area contributed by atoms with Crippen LogP contribution in [-0.4, -0.2) is 28.3 Å². The molecule has 34 heavy (non-hydrogen) atoms. The maximum absolute atomic E-state index is 13.2. The van der Waals surface area contributed by atoms with Gasteiger partial charge >= 0.3 is 0 Å². The first-order valence-electron chi connectivity index (χ1n) is 11.6. The fourth-order valence-electron chi connectivity index (χ4n) is 4.15. The third-order valence-electron chi connectivity index (χ3n) is 6.00. The highest BCUT2D eigenvalue weighted by atomic mass is 16.5. The maximum Gasteiger partial charge on any atom is 0.295 e. The Bertz CT molecular complexity index is 1200. The number of aryl methyl sites for hydroxylation is 1. The molecule has 1 fully saturated rings. The van der Waals surface area contributed by atoms with Gasteiger partial charge in [0.15, 0.2) is 0 Å². The van der Waals surface area contributed by atoms with E-state index in [1.165, 1.54) is 4.90 Å². The monoisotopic (exact) mass is 455 g/mol. The Morgan fingerprint density at radius 1 is 0.971 bits per heavy atom. The fourth-order valence-corrected chi connectivity index (χ4v) is 4.15. The van der Waals surface area contributed by atoms with Gasteiger partial charge in [0.25, 0.3) is 11.7 Å². The summed E-state index contributed by atoms with van der Waals surface area (Å²) in [5.41, 5.74) is 3.26. The normalized spacial score (nSPS) is 17.2. The third kappa shape index (κ3) is 4.88. The lowest BCUT2D eigenvalue weighted by Crippen LogP contribution is -2.29. The summed E-state index contributed by atoms with van der Waals surface area (Å²) in [6.07, 6.45) is 1.96. The molecule has 1 heterocycles. The molecule has 0 saturated carbocycles. The molecule has 0 aliphatic carbocycles. The number of carbonyl (C=O) groups excluding carboxylic acids is 2. The van der Waals surface area contributed by atoms with E-state index in [0.717, 1.165) is 29.5 Å². The quantitative estimate of drug-likeness (QED) is 0.202. The van der Waals surface area contributed by atoms with Crippen molar-refractivity contribution in [3.8, 4) is 5.75 Å². The summed E-state index contributed by atoms with van der Waals surface area (Å²) >= 11 is 0. The van der Waals surface area contributed by atoms with Crippen LogP contribution < -0.4 is 4.74 Å². The average Bonchev–Trinajstić information content (AvgIpc) is 3.10. The van der Waals surface area contributed by atoms with Crippen molar-refractivity contribution in [1.29, 1.82) is 0 Å². The predicted octanol–water partition coefficient (Wildman–Crippen LogP) is 5.80. The number of likely N-dealkylation sites (tertiary alicyclic amines) is 1. The minimum absolute atomic E-state index is 0.0930. The van der Waals surface area contributed by atoms with E-state index in [2.05, 4.69) is 6.92 Å². The molecule has 3 aromatic rings. The van der Waals surface area contributed by atoms with E-state index in [4.69, 9.17) is 4.74 Å². The Morgan fingerprint density at radius 3 is 2.41 bits per heavy atom. The van der Waals surface area contributed by atoms with Gasteiger partial charge in [0.2, 0.25) is 0 Å². The molecule has 5 heteroatoms. The third-order valence-corrected chi connectivity index (χ3v) is 6.00. The number of aliphatic hydroxyl groups excluding tert-OH is 1. The summed E-state index contributed by atoms with van der Waals surface area (Å²) in [5.74, 6) is -0.807. The molecule has 1 atom stereocenters. The molecule has 174 valence electrons. The minimum atomic E-state index is -0.726. The van der Waals surface area contributed by atoms with Gasteiger partial charge in [0, 0.05) is 12.1 Å². The number of rotatable bonds is 8.